The molecule has 0 radical (unpaired) electrons. The summed E-state index contributed by atoms with van der Waals surface area (Å²) in [5, 5.41) is 0.887. The van der Waals surface area contributed by atoms with E-state index in [0.717, 1.165) is 22.1 Å². The van der Waals surface area contributed by atoms with Gasteiger partial charge in [-0.2, -0.15) is 0 Å². The number of carbonyl (C=O) groups is 1. The molecule has 41 heavy (non-hydrogen) atoms. The number of carbonyl (C=O) groups excluding carboxylic acids is 1. The fourth-order valence-electron chi connectivity index (χ4n) is 4.33. The summed E-state index contributed by atoms with van der Waals surface area (Å²) in [6, 6.07) is 17.9. The molecule has 0 bridgehead atoms. The molecule has 1 N–H and O–H groups in total. The van der Waals surface area contributed by atoms with Crippen molar-refractivity contribution in [1.82, 2.24) is 4.72 Å². The second kappa shape index (κ2) is 13.4. The maximum atomic E-state index is 14.1. The molecule has 218 valence electrons. The Morgan fingerprint density at radius 3 is 2.63 bits per heavy atom. The highest BCUT2D eigenvalue weighted by molar-refractivity contribution is 7.90. The van der Waals surface area contributed by atoms with Crippen molar-refractivity contribution in [2.45, 2.75) is 51.5 Å². The molecule has 0 aliphatic carbocycles. The van der Waals surface area contributed by atoms with Crippen molar-refractivity contribution < 1.29 is 32.4 Å². The van der Waals surface area contributed by atoms with Crippen molar-refractivity contribution in [2.24, 2.45) is 0 Å². The second-order valence-corrected chi connectivity index (χ2v) is 12.6. The van der Waals surface area contributed by atoms with Gasteiger partial charge in [0.25, 0.3) is 0 Å². The van der Waals surface area contributed by atoms with Gasteiger partial charge in [0.05, 0.1) is 26.4 Å². The Morgan fingerprint density at radius 1 is 1.12 bits per heavy atom. The number of rotatable bonds is 12. The molecule has 2 atom stereocenters. The highest BCUT2D eigenvalue weighted by Crippen LogP contribution is 2.34. The zero-order chi connectivity index (χ0) is 29.6. The summed E-state index contributed by atoms with van der Waals surface area (Å²) in [5.74, 6) is 0.799. The Morgan fingerprint density at radius 2 is 1.93 bits per heavy atom. The van der Waals surface area contributed by atoms with E-state index < -0.39 is 28.8 Å². The van der Waals surface area contributed by atoms with E-state index in [-0.39, 0.29) is 19.0 Å². The molecule has 0 spiro atoms. The molecule has 0 aliphatic rings. The molecule has 0 saturated carbocycles. The maximum Gasteiger partial charge on any atom is 0.310 e. The Kier molecular flexibility index (Phi) is 9.96. The average molecular weight is 582 g/mol. The molecule has 0 fully saturated rings. The van der Waals surface area contributed by atoms with Gasteiger partial charge in [0.15, 0.2) is 0 Å². The van der Waals surface area contributed by atoms with Gasteiger partial charge in [0, 0.05) is 33.9 Å². The zero-order valence-corrected chi connectivity index (χ0v) is 24.8. The minimum absolute atomic E-state index is 0.0791. The van der Waals surface area contributed by atoms with Crippen LogP contribution in [0, 0.1) is 0 Å². The third-order valence-corrected chi connectivity index (χ3v) is 8.09. The third kappa shape index (κ3) is 7.61. The lowest BCUT2D eigenvalue weighted by Crippen LogP contribution is -2.41. The van der Waals surface area contributed by atoms with Crippen LogP contribution in [0.2, 0.25) is 0 Å². The minimum atomic E-state index is -1.43. The van der Waals surface area contributed by atoms with Crippen LogP contribution < -0.4 is 14.2 Å². The number of benzene rings is 3. The minimum Gasteiger partial charge on any atom is -0.598 e. The number of halogens is 1. The van der Waals surface area contributed by atoms with Crippen LogP contribution in [0.1, 0.15) is 50.4 Å². The number of hydrogen-bond acceptors (Lipinski definition) is 7. The number of ether oxygens (including phenoxy) is 3. The fraction of sp³-hybridized carbons (Fsp3) is 0.344. The molecule has 1 heterocycles. The van der Waals surface area contributed by atoms with Gasteiger partial charge in [-0.05, 0) is 74.7 Å². The van der Waals surface area contributed by atoms with Gasteiger partial charge in [-0.15, -0.1) is 4.72 Å². The summed E-state index contributed by atoms with van der Waals surface area (Å²) in [7, 11) is 1.57. The van der Waals surface area contributed by atoms with Crippen LogP contribution in [0.4, 0.5) is 4.39 Å². The zero-order valence-electron chi connectivity index (χ0n) is 24.0. The molecular weight excluding hydrogens is 545 g/mol. The van der Waals surface area contributed by atoms with Crippen molar-refractivity contribution in [1.29, 1.82) is 0 Å². The predicted octanol–water partition coefficient (Wildman–Crippen LogP) is 6.86. The van der Waals surface area contributed by atoms with Gasteiger partial charge < -0.3 is 23.2 Å². The number of nitrogens with one attached hydrogen (secondary N) is 1. The van der Waals surface area contributed by atoms with Crippen molar-refractivity contribution in [3.05, 3.63) is 83.6 Å². The summed E-state index contributed by atoms with van der Waals surface area (Å²) in [6.45, 7) is 7.11. The number of alkyl halides is 1. The Balaban J connectivity index is 1.63. The van der Waals surface area contributed by atoms with Crippen LogP contribution in [0.25, 0.3) is 22.1 Å². The quantitative estimate of drug-likeness (QED) is 0.144. The monoisotopic (exact) mass is 581 g/mol. The lowest BCUT2D eigenvalue weighted by atomic mass is 9.97. The first-order chi connectivity index (χ1) is 19.6. The summed E-state index contributed by atoms with van der Waals surface area (Å²) in [4.78, 5) is 12.2. The van der Waals surface area contributed by atoms with Gasteiger partial charge in [-0.1, -0.05) is 24.3 Å². The number of methoxy groups -OCH3 is 1. The smallest absolute Gasteiger partial charge is 0.310 e. The van der Waals surface area contributed by atoms with E-state index in [1.54, 1.807) is 38.5 Å². The van der Waals surface area contributed by atoms with E-state index in [1.807, 2.05) is 63.2 Å². The molecule has 9 heteroatoms. The molecule has 4 rings (SSSR count). The maximum absolute atomic E-state index is 14.1. The van der Waals surface area contributed by atoms with E-state index in [1.165, 1.54) is 0 Å². The van der Waals surface area contributed by atoms with Crippen LogP contribution >= 0.6 is 0 Å². The van der Waals surface area contributed by atoms with Gasteiger partial charge in [-0.25, -0.2) is 4.39 Å². The Bertz CT molecular complexity index is 1480. The van der Waals surface area contributed by atoms with Gasteiger partial charge in [0.2, 0.25) is 0 Å². The number of esters is 1. The summed E-state index contributed by atoms with van der Waals surface area (Å²) in [5.41, 5.74) is 4.59. The molecule has 3 aromatic carbocycles. The van der Waals surface area contributed by atoms with E-state index in [4.69, 9.17) is 18.6 Å². The van der Waals surface area contributed by atoms with E-state index >= 15 is 0 Å². The highest BCUT2D eigenvalue weighted by atomic mass is 32.2. The molecule has 0 aliphatic heterocycles. The largest absolute Gasteiger partial charge is 0.598 e. The molecule has 0 amide bonds. The Labute approximate surface area is 243 Å². The highest BCUT2D eigenvalue weighted by Gasteiger charge is 2.30. The van der Waals surface area contributed by atoms with Gasteiger partial charge in [0.1, 0.15) is 41.2 Å². The fourth-order valence-corrected chi connectivity index (χ4v) is 5.14. The summed E-state index contributed by atoms with van der Waals surface area (Å²) >= 11 is -1.43. The van der Waals surface area contributed by atoms with Crippen LogP contribution in [0.5, 0.6) is 11.5 Å². The molecule has 4 aromatic rings. The number of furan rings is 1. The molecule has 1 aromatic heterocycles. The van der Waals surface area contributed by atoms with Crippen molar-refractivity contribution >= 4 is 28.3 Å². The standard InChI is InChI=1S/C32H36FNO6S/c1-6-38-30(35)17-24-10-11-26(37-5)18-29(24)40-20-21-14-25-12-13-39-31(25)27(15-21)22-8-7-9-23(16-22)28(19-33)34-41(36)32(2,3)4/h7-16,18,28,34H,6,17,19-20H2,1-5H3. The SMILES string of the molecule is CCOC(=O)Cc1ccc(OC)cc1OCc1cc(-c2cccc(C(CF)N[S+]([O-])C(C)(C)C)c2)c2occc2c1. The van der Waals surface area contributed by atoms with Gasteiger partial charge in [-0.3, -0.25) is 4.79 Å². The summed E-state index contributed by atoms with van der Waals surface area (Å²) < 4.78 is 51.7. The van der Waals surface area contributed by atoms with E-state index in [2.05, 4.69) is 4.72 Å². The van der Waals surface area contributed by atoms with Crippen LogP contribution in [-0.2, 0) is 33.9 Å². The van der Waals surface area contributed by atoms with Crippen molar-refractivity contribution in [3.63, 3.8) is 0 Å². The van der Waals surface area contributed by atoms with Crippen molar-refractivity contribution in [3.8, 4) is 22.6 Å². The van der Waals surface area contributed by atoms with E-state index in [0.29, 0.717) is 34.8 Å². The first-order valence-electron chi connectivity index (χ1n) is 13.4. The molecule has 7 nitrogen and oxygen atoms in total. The topological polar surface area (TPSA) is 93.0 Å². The average Bonchev–Trinajstić information content (AvgIpc) is 3.43. The molecule has 2 unspecified atom stereocenters. The van der Waals surface area contributed by atoms with Crippen LogP contribution in [0.15, 0.2) is 71.3 Å². The van der Waals surface area contributed by atoms with Gasteiger partial charge >= 0.3 is 5.97 Å². The Hall–Kier alpha value is -3.53. The van der Waals surface area contributed by atoms with Crippen molar-refractivity contribution in [2.75, 3.05) is 20.4 Å². The van der Waals surface area contributed by atoms with Crippen LogP contribution in [0.3, 0.4) is 0 Å². The lowest BCUT2D eigenvalue weighted by Gasteiger charge is -2.27. The lowest BCUT2D eigenvalue weighted by molar-refractivity contribution is -0.142. The predicted molar refractivity (Wildman–Crippen MR) is 159 cm³/mol. The molecular formula is C32H36FNO6S. The number of fused-ring (bicyclic) bond motifs is 1. The first kappa shape index (κ1) is 30.4. The summed E-state index contributed by atoms with van der Waals surface area (Å²) in [6.07, 6.45) is 1.70. The number of hydrogen-bond donors (Lipinski definition) is 1. The molecule has 0 saturated heterocycles. The third-order valence-electron chi connectivity index (χ3n) is 6.48. The van der Waals surface area contributed by atoms with Crippen LogP contribution in [-0.4, -0.2) is 35.7 Å². The van der Waals surface area contributed by atoms with E-state index in [9.17, 15) is 13.7 Å². The first-order valence-corrected chi connectivity index (χ1v) is 14.6. The second-order valence-electron chi connectivity index (χ2n) is 10.6. The normalized spacial score (nSPS) is 13.1.